The van der Waals surface area contributed by atoms with Crippen LogP contribution in [0.1, 0.15) is 28.4 Å². The van der Waals surface area contributed by atoms with Crippen LogP contribution < -0.4 is 10.0 Å². The molecule has 1 aliphatic heterocycles. The lowest BCUT2D eigenvalue weighted by molar-refractivity contribution is 0.0600. The molecule has 3 rings (SSSR count). The maximum atomic E-state index is 11.7. The number of ether oxygens (including phenoxy) is 1. The summed E-state index contributed by atoms with van der Waals surface area (Å²) in [5.41, 5.74) is 3.45. The van der Waals surface area contributed by atoms with Crippen molar-refractivity contribution in [2.24, 2.45) is 5.14 Å². The van der Waals surface area contributed by atoms with Gasteiger partial charge in [0.25, 0.3) is 0 Å². The number of nitrogens with zero attached hydrogens (tertiary/aromatic N) is 1. The van der Waals surface area contributed by atoms with Crippen LogP contribution in [0.5, 0.6) is 0 Å². The number of nitrogens with two attached hydrogens (primary N) is 1. The molecule has 132 valence electrons. The fourth-order valence-corrected chi connectivity index (χ4v) is 3.76. The second-order valence-corrected chi connectivity index (χ2v) is 7.77. The predicted octanol–water partition coefficient (Wildman–Crippen LogP) is 2.07. The second-order valence-electron chi connectivity index (χ2n) is 6.21. The van der Waals surface area contributed by atoms with Gasteiger partial charge < -0.3 is 9.64 Å². The third-order valence-electron chi connectivity index (χ3n) is 4.44. The maximum Gasteiger partial charge on any atom is 0.337 e. The van der Waals surface area contributed by atoms with Crippen molar-refractivity contribution in [2.75, 3.05) is 12.0 Å². The lowest BCUT2D eigenvalue weighted by Crippen LogP contribution is -2.28. The standard InChI is InChI=1S/C18H20N2O4S/c1-12-8-15-10-16(25(19,22)23)6-7-17(15)20(12)11-13-4-3-5-14(9-13)18(21)24-2/h3-7,9-10,12H,8,11H2,1-2H3,(H2,19,22,23)/t12-/m1/s1. The summed E-state index contributed by atoms with van der Waals surface area (Å²) in [6.45, 7) is 2.70. The third kappa shape index (κ3) is 3.52. The van der Waals surface area contributed by atoms with Crippen molar-refractivity contribution in [2.45, 2.75) is 30.8 Å². The van der Waals surface area contributed by atoms with E-state index in [2.05, 4.69) is 11.8 Å². The molecule has 0 radical (unpaired) electrons. The van der Waals surface area contributed by atoms with Gasteiger partial charge in [-0.15, -0.1) is 0 Å². The predicted molar refractivity (Wildman–Crippen MR) is 94.9 cm³/mol. The highest BCUT2D eigenvalue weighted by molar-refractivity contribution is 7.89. The van der Waals surface area contributed by atoms with Gasteiger partial charge in [-0.2, -0.15) is 0 Å². The van der Waals surface area contributed by atoms with E-state index < -0.39 is 10.0 Å². The van der Waals surface area contributed by atoms with Gasteiger partial charge in [0.05, 0.1) is 17.6 Å². The zero-order chi connectivity index (χ0) is 18.2. The molecule has 1 aliphatic rings. The van der Waals surface area contributed by atoms with Gasteiger partial charge in [-0.05, 0) is 54.8 Å². The molecule has 1 heterocycles. The minimum atomic E-state index is -3.71. The van der Waals surface area contributed by atoms with E-state index >= 15 is 0 Å². The molecular weight excluding hydrogens is 340 g/mol. The molecule has 1 atom stereocenters. The van der Waals surface area contributed by atoms with Gasteiger partial charge >= 0.3 is 5.97 Å². The maximum absolute atomic E-state index is 11.7. The molecule has 0 spiro atoms. The number of hydrogen-bond acceptors (Lipinski definition) is 5. The summed E-state index contributed by atoms with van der Waals surface area (Å²) in [5, 5.41) is 5.22. The normalized spacial score (nSPS) is 16.6. The molecule has 0 amide bonds. The van der Waals surface area contributed by atoms with Gasteiger partial charge in [0.2, 0.25) is 10.0 Å². The van der Waals surface area contributed by atoms with Crippen molar-refractivity contribution >= 4 is 21.7 Å². The van der Waals surface area contributed by atoms with Gasteiger partial charge in [-0.25, -0.2) is 18.4 Å². The first-order valence-electron chi connectivity index (χ1n) is 7.89. The molecule has 6 nitrogen and oxygen atoms in total. The summed E-state index contributed by atoms with van der Waals surface area (Å²) in [6, 6.07) is 12.5. The van der Waals surface area contributed by atoms with E-state index in [1.54, 1.807) is 18.2 Å². The Morgan fingerprint density at radius 2 is 2.04 bits per heavy atom. The molecule has 0 bridgehead atoms. The van der Waals surface area contributed by atoms with Crippen molar-refractivity contribution in [1.29, 1.82) is 0 Å². The molecule has 0 fully saturated rings. The minimum absolute atomic E-state index is 0.132. The second kappa shape index (κ2) is 6.50. The highest BCUT2D eigenvalue weighted by Crippen LogP contribution is 2.34. The Hall–Kier alpha value is -2.38. The van der Waals surface area contributed by atoms with Gasteiger partial charge in [0.1, 0.15) is 0 Å². The largest absolute Gasteiger partial charge is 0.465 e. The lowest BCUT2D eigenvalue weighted by atomic mass is 10.1. The molecule has 2 aromatic carbocycles. The third-order valence-corrected chi connectivity index (χ3v) is 5.35. The Bertz CT molecular complexity index is 924. The number of hydrogen-bond donors (Lipinski definition) is 1. The van der Waals surface area contributed by atoms with Crippen molar-refractivity contribution in [3.8, 4) is 0 Å². The van der Waals surface area contributed by atoms with Crippen molar-refractivity contribution in [3.05, 3.63) is 59.2 Å². The van der Waals surface area contributed by atoms with Crippen molar-refractivity contribution < 1.29 is 17.9 Å². The topological polar surface area (TPSA) is 89.7 Å². The molecule has 25 heavy (non-hydrogen) atoms. The molecule has 0 unspecified atom stereocenters. The lowest BCUT2D eigenvalue weighted by Gasteiger charge is -2.25. The first-order chi connectivity index (χ1) is 11.8. The zero-order valence-corrected chi connectivity index (χ0v) is 14.9. The number of esters is 1. The first kappa shape index (κ1) is 17.4. The molecular formula is C18H20N2O4S. The van der Waals surface area contributed by atoms with Gasteiger partial charge in [-0.1, -0.05) is 12.1 Å². The first-order valence-corrected chi connectivity index (χ1v) is 9.44. The molecule has 2 N–H and O–H groups in total. The Balaban J connectivity index is 1.89. The highest BCUT2D eigenvalue weighted by Gasteiger charge is 2.27. The van der Waals surface area contributed by atoms with Crippen molar-refractivity contribution in [3.63, 3.8) is 0 Å². The number of benzene rings is 2. The van der Waals surface area contributed by atoms with E-state index in [0.29, 0.717) is 12.1 Å². The van der Waals surface area contributed by atoms with Gasteiger partial charge in [0, 0.05) is 18.3 Å². The smallest absolute Gasteiger partial charge is 0.337 e. The Kier molecular flexibility index (Phi) is 4.53. The number of anilines is 1. The van der Waals surface area contributed by atoms with Crippen LogP contribution in [0.25, 0.3) is 0 Å². The van der Waals surface area contributed by atoms with Crippen LogP contribution in [0, 0.1) is 0 Å². The number of methoxy groups -OCH3 is 1. The minimum Gasteiger partial charge on any atom is -0.465 e. The van der Waals surface area contributed by atoms with Crippen LogP contribution in [0.15, 0.2) is 47.4 Å². The van der Waals surface area contributed by atoms with E-state index in [4.69, 9.17) is 9.88 Å². The molecule has 0 saturated carbocycles. The SMILES string of the molecule is COC(=O)c1cccc(CN2c3ccc(S(N)(=O)=O)cc3C[C@H]2C)c1. The quantitative estimate of drug-likeness (QED) is 0.843. The zero-order valence-electron chi connectivity index (χ0n) is 14.1. The van der Waals surface area contributed by atoms with E-state index in [1.165, 1.54) is 13.2 Å². The van der Waals surface area contributed by atoms with E-state index in [-0.39, 0.29) is 16.9 Å². The molecule has 0 saturated heterocycles. The Labute approximate surface area is 147 Å². The average Bonchev–Trinajstić information content (AvgIpc) is 2.88. The summed E-state index contributed by atoms with van der Waals surface area (Å²) in [5.74, 6) is -0.366. The highest BCUT2D eigenvalue weighted by atomic mass is 32.2. The molecule has 0 aliphatic carbocycles. The summed E-state index contributed by atoms with van der Waals surface area (Å²) in [4.78, 5) is 14.0. The fourth-order valence-electron chi connectivity index (χ4n) is 3.20. The molecule has 7 heteroatoms. The number of primary sulfonamides is 1. The number of carbonyl (C=O) groups excluding carboxylic acids is 1. The van der Waals surface area contributed by atoms with Crippen LogP contribution in [0.4, 0.5) is 5.69 Å². The van der Waals surface area contributed by atoms with E-state index in [0.717, 1.165) is 23.2 Å². The number of sulfonamides is 1. The Morgan fingerprint density at radius 3 is 2.72 bits per heavy atom. The number of rotatable bonds is 4. The monoisotopic (exact) mass is 360 g/mol. The number of carbonyl (C=O) groups is 1. The summed E-state index contributed by atoms with van der Waals surface area (Å²) in [7, 11) is -2.35. The van der Waals surface area contributed by atoms with Crippen molar-refractivity contribution in [1.82, 2.24) is 0 Å². The van der Waals surface area contributed by atoms with Crippen LogP contribution in [0.3, 0.4) is 0 Å². The van der Waals surface area contributed by atoms with Crippen LogP contribution in [-0.2, 0) is 27.7 Å². The summed E-state index contributed by atoms with van der Waals surface area (Å²) in [6.07, 6.45) is 0.745. The van der Waals surface area contributed by atoms with Crippen LogP contribution in [0.2, 0.25) is 0 Å². The Morgan fingerprint density at radius 1 is 1.28 bits per heavy atom. The van der Waals surface area contributed by atoms with E-state index in [1.807, 2.05) is 18.2 Å². The summed E-state index contributed by atoms with van der Waals surface area (Å²) < 4.78 is 27.8. The fraction of sp³-hybridized carbons (Fsp3) is 0.278. The van der Waals surface area contributed by atoms with Gasteiger partial charge in [-0.3, -0.25) is 0 Å². The summed E-state index contributed by atoms with van der Waals surface area (Å²) >= 11 is 0. The molecule has 2 aromatic rings. The molecule has 0 aromatic heterocycles. The van der Waals surface area contributed by atoms with Crippen LogP contribution in [-0.4, -0.2) is 27.5 Å². The number of fused-ring (bicyclic) bond motifs is 1. The van der Waals surface area contributed by atoms with Crippen LogP contribution >= 0.6 is 0 Å². The van der Waals surface area contributed by atoms with E-state index in [9.17, 15) is 13.2 Å². The average molecular weight is 360 g/mol. The van der Waals surface area contributed by atoms with Gasteiger partial charge in [0.15, 0.2) is 0 Å².